The van der Waals surface area contributed by atoms with Gasteiger partial charge in [0.1, 0.15) is 18.1 Å². The van der Waals surface area contributed by atoms with Gasteiger partial charge < -0.3 is 15.2 Å². The predicted molar refractivity (Wildman–Crippen MR) is 130 cm³/mol. The number of piperazine rings is 1. The largest absolute Gasteiger partial charge is 0.368 e. The molecule has 2 unspecified atom stereocenters. The molecule has 0 radical (unpaired) electrons. The minimum absolute atomic E-state index is 0.0770. The van der Waals surface area contributed by atoms with Crippen molar-refractivity contribution in [2.45, 2.75) is 25.6 Å². The molecule has 11 nitrogen and oxygen atoms in total. The zero-order valence-electron chi connectivity index (χ0n) is 19.5. The van der Waals surface area contributed by atoms with Gasteiger partial charge in [0.15, 0.2) is 0 Å². The van der Waals surface area contributed by atoms with Crippen LogP contribution in [0.5, 0.6) is 0 Å². The van der Waals surface area contributed by atoms with Crippen molar-refractivity contribution >= 4 is 33.7 Å². The van der Waals surface area contributed by atoms with Crippen LogP contribution in [0.1, 0.15) is 18.5 Å². The molecule has 178 valence electrons. The highest BCUT2D eigenvalue weighted by molar-refractivity contribution is 5.89. The van der Waals surface area contributed by atoms with E-state index in [0.29, 0.717) is 36.4 Å². The van der Waals surface area contributed by atoms with Crippen molar-refractivity contribution in [2.75, 3.05) is 24.5 Å². The van der Waals surface area contributed by atoms with E-state index in [0.717, 1.165) is 16.6 Å². The molecule has 35 heavy (non-hydrogen) atoms. The maximum Gasteiger partial charge on any atom is 0.252 e. The topological polar surface area (TPSA) is 139 Å². The van der Waals surface area contributed by atoms with Crippen molar-refractivity contribution < 1.29 is 4.79 Å². The average molecular weight is 472 g/mol. The standard InChI is InChI=1S/C24H25N9O2/c1-15(16-3-4-17-18(11-16)28-7-6-27-17)33-10-9-31(13-21(33)24(26)35)19-12-22(34)30(2)20-14-32(8-5-25)29-23(19)20/h3-4,6-7,11-12,14-15,21H,8-10,13H2,1-2H3,(H2,26,35). The maximum atomic E-state index is 12.7. The second kappa shape index (κ2) is 8.81. The molecule has 4 aromatic rings. The van der Waals surface area contributed by atoms with Gasteiger partial charge in [-0.3, -0.25) is 29.1 Å². The number of carbonyl (C=O) groups is 1. The molecule has 0 saturated carbocycles. The van der Waals surface area contributed by atoms with Crippen LogP contribution in [0.25, 0.3) is 22.1 Å². The molecule has 4 heterocycles. The Bertz CT molecular complexity index is 1530. The van der Waals surface area contributed by atoms with Gasteiger partial charge in [0.25, 0.3) is 5.56 Å². The molecule has 11 heteroatoms. The summed E-state index contributed by atoms with van der Waals surface area (Å²) in [6, 6.07) is 8.86. The third-order valence-electron chi connectivity index (χ3n) is 6.73. The van der Waals surface area contributed by atoms with E-state index in [4.69, 9.17) is 11.0 Å². The van der Waals surface area contributed by atoms with Crippen molar-refractivity contribution in [1.29, 1.82) is 5.26 Å². The van der Waals surface area contributed by atoms with Gasteiger partial charge in [0.2, 0.25) is 5.91 Å². The van der Waals surface area contributed by atoms with Crippen LogP contribution in [0.3, 0.4) is 0 Å². The molecule has 1 saturated heterocycles. The third kappa shape index (κ3) is 3.98. The number of pyridine rings is 1. The van der Waals surface area contributed by atoms with Gasteiger partial charge in [-0.15, -0.1) is 0 Å². The first kappa shape index (κ1) is 22.5. The Labute approximate surface area is 201 Å². The second-order valence-corrected chi connectivity index (χ2v) is 8.73. The quantitative estimate of drug-likeness (QED) is 0.454. The van der Waals surface area contributed by atoms with E-state index < -0.39 is 11.9 Å². The smallest absolute Gasteiger partial charge is 0.252 e. The fourth-order valence-corrected chi connectivity index (χ4v) is 4.80. The Morgan fingerprint density at radius 1 is 1.23 bits per heavy atom. The molecule has 2 N–H and O–H groups in total. The zero-order chi connectivity index (χ0) is 24.7. The van der Waals surface area contributed by atoms with Gasteiger partial charge in [-0.2, -0.15) is 10.4 Å². The van der Waals surface area contributed by atoms with Crippen LogP contribution in [0.4, 0.5) is 5.69 Å². The van der Waals surface area contributed by atoms with E-state index in [1.165, 1.54) is 15.3 Å². The fraction of sp³-hybridized carbons (Fsp3) is 0.333. The molecular weight excluding hydrogens is 446 g/mol. The molecule has 3 aromatic heterocycles. The number of hydrogen-bond acceptors (Lipinski definition) is 8. The minimum Gasteiger partial charge on any atom is -0.368 e. The lowest BCUT2D eigenvalue weighted by Gasteiger charge is -2.43. The molecule has 1 aliphatic heterocycles. The number of carbonyl (C=O) groups excluding carboxylic acids is 1. The van der Waals surface area contributed by atoms with E-state index in [1.54, 1.807) is 25.6 Å². The lowest BCUT2D eigenvalue weighted by atomic mass is 10.0. The molecule has 5 rings (SSSR count). The predicted octanol–water partition coefficient (Wildman–Crippen LogP) is 0.939. The summed E-state index contributed by atoms with van der Waals surface area (Å²) in [6.45, 7) is 3.58. The molecule has 1 fully saturated rings. The summed E-state index contributed by atoms with van der Waals surface area (Å²) in [4.78, 5) is 38.0. The number of hydrogen-bond donors (Lipinski definition) is 1. The fourth-order valence-electron chi connectivity index (χ4n) is 4.80. The van der Waals surface area contributed by atoms with Gasteiger partial charge >= 0.3 is 0 Å². The van der Waals surface area contributed by atoms with Crippen molar-refractivity contribution in [3.63, 3.8) is 0 Å². The number of anilines is 1. The summed E-state index contributed by atoms with van der Waals surface area (Å²) in [7, 11) is 1.67. The molecule has 0 spiro atoms. The average Bonchev–Trinajstić information content (AvgIpc) is 3.29. The van der Waals surface area contributed by atoms with Crippen LogP contribution in [-0.2, 0) is 18.4 Å². The molecular formula is C24H25N9O2. The first-order chi connectivity index (χ1) is 16.9. The Hall–Kier alpha value is -4.30. The normalized spacial score (nSPS) is 17.5. The second-order valence-electron chi connectivity index (χ2n) is 8.73. The van der Waals surface area contributed by atoms with Crippen LogP contribution >= 0.6 is 0 Å². The lowest BCUT2D eigenvalue weighted by molar-refractivity contribution is -0.124. The minimum atomic E-state index is -0.573. The summed E-state index contributed by atoms with van der Waals surface area (Å²) in [6.07, 6.45) is 5.01. The van der Waals surface area contributed by atoms with Crippen LogP contribution in [-0.4, -0.2) is 60.8 Å². The van der Waals surface area contributed by atoms with E-state index in [1.807, 2.05) is 30.0 Å². The third-order valence-corrected chi connectivity index (χ3v) is 6.73. The number of amides is 1. The van der Waals surface area contributed by atoms with Crippen LogP contribution in [0.2, 0.25) is 0 Å². The monoisotopic (exact) mass is 471 g/mol. The molecule has 2 atom stereocenters. The number of primary amides is 1. The number of nitriles is 1. The Morgan fingerprint density at radius 3 is 2.74 bits per heavy atom. The summed E-state index contributed by atoms with van der Waals surface area (Å²) >= 11 is 0. The lowest BCUT2D eigenvalue weighted by Crippen LogP contribution is -2.59. The Balaban J connectivity index is 1.47. The van der Waals surface area contributed by atoms with E-state index in [9.17, 15) is 9.59 Å². The van der Waals surface area contributed by atoms with Crippen molar-refractivity contribution in [1.82, 2.24) is 29.2 Å². The number of nitrogens with two attached hydrogens (primary N) is 1. The number of benzene rings is 1. The Kier molecular flexibility index (Phi) is 5.66. The van der Waals surface area contributed by atoms with Crippen LogP contribution in [0.15, 0.2) is 47.7 Å². The van der Waals surface area contributed by atoms with Crippen molar-refractivity contribution in [3.8, 4) is 6.07 Å². The highest BCUT2D eigenvalue weighted by atomic mass is 16.1. The first-order valence-electron chi connectivity index (χ1n) is 11.3. The maximum absolute atomic E-state index is 12.7. The summed E-state index contributed by atoms with van der Waals surface area (Å²) in [5.74, 6) is -0.433. The SMILES string of the molecule is CC(c1ccc2nccnc2c1)N1CCN(c2cc(=O)n(C)c3cn(CC#N)nc23)CC1C(N)=O. The van der Waals surface area contributed by atoms with Gasteiger partial charge in [-0.05, 0) is 24.6 Å². The van der Waals surface area contributed by atoms with E-state index >= 15 is 0 Å². The molecule has 0 aliphatic carbocycles. The highest BCUT2D eigenvalue weighted by Crippen LogP contribution is 2.30. The molecule has 0 bridgehead atoms. The van der Waals surface area contributed by atoms with Gasteiger partial charge in [-0.1, -0.05) is 6.07 Å². The first-order valence-corrected chi connectivity index (χ1v) is 11.3. The summed E-state index contributed by atoms with van der Waals surface area (Å²) in [5, 5.41) is 13.6. The number of nitrogens with zero attached hydrogens (tertiary/aromatic N) is 8. The van der Waals surface area contributed by atoms with Crippen LogP contribution in [0, 0.1) is 11.3 Å². The van der Waals surface area contributed by atoms with E-state index in [-0.39, 0.29) is 18.1 Å². The Morgan fingerprint density at radius 2 is 2.00 bits per heavy atom. The van der Waals surface area contributed by atoms with Crippen LogP contribution < -0.4 is 16.2 Å². The van der Waals surface area contributed by atoms with Crippen molar-refractivity contribution in [2.24, 2.45) is 12.8 Å². The van der Waals surface area contributed by atoms with Gasteiger partial charge in [0.05, 0.1) is 34.5 Å². The van der Waals surface area contributed by atoms with Gasteiger partial charge in [-0.25, -0.2) is 0 Å². The molecule has 1 amide bonds. The number of fused-ring (bicyclic) bond motifs is 2. The number of rotatable bonds is 5. The van der Waals surface area contributed by atoms with Crippen molar-refractivity contribution in [3.05, 3.63) is 58.8 Å². The zero-order valence-corrected chi connectivity index (χ0v) is 19.5. The molecule has 1 aliphatic rings. The highest BCUT2D eigenvalue weighted by Gasteiger charge is 2.35. The molecule has 1 aromatic carbocycles. The van der Waals surface area contributed by atoms with E-state index in [2.05, 4.69) is 26.0 Å². The summed E-state index contributed by atoms with van der Waals surface area (Å²) < 4.78 is 3.02. The number of aryl methyl sites for hydroxylation is 1. The van der Waals surface area contributed by atoms with Gasteiger partial charge in [0, 0.05) is 51.2 Å². The summed E-state index contributed by atoms with van der Waals surface area (Å²) in [5.41, 5.74) is 10.2. The number of aromatic nitrogens is 5.